The Bertz CT molecular complexity index is 789. The van der Waals surface area contributed by atoms with E-state index >= 15 is 0 Å². The molecule has 3 rings (SSSR count). The van der Waals surface area contributed by atoms with Gasteiger partial charge in [0.1, 0.15) is 10.8 Å². The van der Waals surface area contributed by atoms with E-state index in [1.54, 1.807) is 19.9 Å². The second-order valence-corrected chi connectivity index (χ2v) is 7.40. The Morgan fingerprint density at radius 3 is 2.84 bits per heavy atom. The molecule has 134 valence electrons. The molecule has 2 aromatic rings. The maximum Gasteiger partial charge on any atom is 0.341 e. The maximum atomic E-state index is 12.5. The number of furan rings is 1. The lowest BCUT2D eigenvalue weighted by Gasteiger charge is -2.20. The minimum Gasteiger partial charge on any atom is -0.469 e. The van der Waals surface area contributed by atoms with Gasteiger partial charge in [-0.05, 0) is 50.7 Å². The molecule has 25 heavy (non-hydrogen) atoms. The van der Waals surface area contributed by atoms with Gasteiger partial charge in [-0.2, -0.15) is 0 Å². The minimum absolute atomic E-state index is 0.262. The topological polar surface area (TPSA) is 68.5 Å². The summed E-state index contributed by atoms with van der Waals surface area (Å²) in [6.07, 6.45) is 5.51. The molecule has 0 saturated carbocycles. The normalized spacial score (nSPS) is 16.4. The standard InChI is InChI=1S/C19H23NO4S/c1-4-12-6-7-14-15(10-12)25-18(16(14)19(22)23-5-2)20-17(21)13-8-9-24-11(13)3/h8-9,12H,4-7,10H2,1-3H3,(H,20,21). The summed E-state index contributed by atoms with van der Waals surface area (Å²) >= 11 is 1.50. The number of esters is 1. The second-order valence-electron chi connectivity index (χ2n) is 6.29. The quantitative estimate of drug-likeness (QED) is 0.791. The molecule has 1 atom stereocenters. The van der Waals surface area contributed by atoms with Crippen LogP contribution in [-0.4, -0.2) is 18.5 Å². The van der Waals surface area contributed by atoms with Crippen LogP contribution in [-0.2, 0) is 17.6 Å². The highest BCUT2D eigenvalue weighted by Crippen LogP contribution is 2.41. The molecule has 0 radical (unpaired) electrons. The van der Waals surface area contributed by atoms with Crippen LogP contribution in [0.2, 0.25) is 0 Å². The zero-order chi connectivity index (χ0) is 18.0. The number of carbonyl (C=O) groups excluding carboxylic acids is 2. The Kier molecular flexibility index (Phi) is 5.27. The lowest BCUT2D eigenvalue weighted by atomic mass is 9.85. The number of rotatable bonds is 5. The van der Waals surface area contributed by atoms with E-state index < -0.39 is 0 Å². The smallest absolute Gasteiger partial charge is 0.341 e. The molecule has 2 aromatic heterocycles. The van der Waals surface area contributed by atoms with E-state index in [1.165, 1.54) is 22.5 Å². The molecule has 1 aliphatic carbocycles. The van der Waals surface area contributed by atoms with Gasteiger partial charge in [-0.3, -0.25) is 4.79 Å². The molecule has 0 bridgehead atoms. The van der Waals surface area contributed by atoms with E-state index in [-0.39, 0.29) is 11.9 Å². The number of hydrogen-bond donors (Lipinski definition) is 1. The molecule has 1 unspecified atom stereocenters. The average Bonchev–Trinajstić information content (AvgIpc) is 3.17. The second kappa shape index (κ2) is 7.44. The fraction of sp³-hybridized carbons (Fsp3) is 0.474. The van der Waals surface area contributed by atoms with Crippen LogP contribution in [0.3, 0.4) is 0 Å². The number of carbonyl (C=O) groups is 2. The molecule has 5 nitrogen and oxygen atoms in total. The maximum absolute atomic E-state index is 12.5. The van der Waals surface area contributed by atoms with Crippen molar-refractivity contribution in [3.05, 3.63) is 39.7 Å². The number of thiophene rings is 1. The van der Waals surface area contributed by atoms with Crippen molar-refractivity contribution in [2.24, 2.45) is 5.92 Å². The van der Waals surface area contributed by atoms with E-state index in [1.807, 2.05) is 0 Å². The van der Waals surface area contributed by atoms with Crippen molar-refractivity contribution in [1.29, 1.82) is 0 Å². The van der Waals surface area contributed by atoms with Gasteiger partial charge in [0, 0.05) is 4.88 Å². The van der Waals surface area contributed by atoms with Crippen molar-refractivity contribution < 1.29 is 18.7 Å². The largest absolute Gasteiger partial charge is 0.469 e. The number of fused-ring (bicyclic) bond motifs is 1. The molecule has 0 spiro atoms. The van der Waals surface area contributed by atoms with Crippen molar-refractivity contribution in [3.8, 4) is 0 Å². The van der Waals surface area contributed by atoms with Gasteiger partial charge in [-0.1, -0.05) is 13.3 Å². The molecule has 1 aliphatic rings. The van der Waals surface area contributed by atoms with Crippen molar-refractivity contribution in [2.45, 2.75) is 46.5 Å². The zero-order valence-corrected chi connectivity index (χ0v) is 15.6. The first-order valence-corrected chi connectivity index (χ1v) is 9.53. The molecule has 6 heteroatoms. The van der Waals surface area contributed by atoms with Gasteiger partial charge in [-0.25, -0.2) is 4.79 Å². The third-order valence-electron chi connectivity index (χ3n) is 4.75. The van der Waals surface area contributed by atoms with E-state index in [0.717, 1.165) is 31.2 Å². The van der Waals surface area contributed by atoms with Gasteiger partial charge in [0.25, 0.3) is 5.91 Å². The summed E-state index contributed by atoms with van der Waals surface area (Å²) in [5.74, 6) is 0.583. The summed E-state index contributed by atoms with van der Waals surface area (Å²) in [6, 6.07) is 1.63. The van der Waals surface area contributed by atoms with Crippen molar-refractivity contribution >= 4 is 28.2 Å². The van der Waals surface area contributed by atoms with Crippen LogP contribution in [0.25, 0.3) is 0 Å². The first-order chi connectivity index (χ1) is 12.0. The molecule has 1 amide bonds. The van der Waals surface area contributed by atoms with Crippen molar-refractivity contribution in [1.82, 2.24) is 0 Å². The predicted octanol–water partition coefficient (Wildman–Crippen LogP) is 4.59. The van der Waals surface area contributed by atoms with E-state index in [4.69, 9.17) is 9.15 Å². The van der Waals surface area contributed by atoms with Gasteiger partial charge in [0.15, 0.2) is 0 Å². The highest BCUT2D eigenvalue weighted by atomic mass is 32.1. The number of nitrogens with one attached hydrogen (secondary N) is 1. The van der Waals surface area contributed by atoms with Crippen LogP contribution >= 0.6 is 11.3 Å². The summed E-state index contributed by atoms with van der Waals surface area (Å²) in [7, 11) is 0. The number of anilines is 1. The Morgan fingerprint density at radius 1 is 1.40 bits per heavy atom. The molecular formula is C19H23NO4S. The molecule has 0 fully saturated rings. The van der Waals surface area contributed by atoms with Gasteiger partial charge in [-0.15, -0.1) is 11.3 Å². The average molecular weight is 361 g/mol. The van der Waals surface area contributed by atoms with Gasteiger partial charge >= 0.3 is 5.97 Å². The highest BCUT2D eigenvalue weighted by Gasteiger charge is 2.30. The molecule has 1 N–H and O–H groups in total. The SMILES string of the molecule is CCOC(=O)c1c(NC(=O)c2ccoc2C)sc2c1CCC(CC)C2. The van der Waals surface area contributed by atoms with Crippen LogP contribution in [0, 0.1) is 12.8 Å². The molecule has 0 aromatic carbocycles. The lowest BCUT2D eigenvalue weighted by molar-refractivity contribution is 0.0526. The summed E-state index contributed by atoms with van der Waals surface area (Å²) < 4.78 is 10.4. The molecule has 0 saturated heterocycles. The van der Waals surface area contributed by atoms with E-state index in [9.17, 15) is 9.59 Å². The Morgan fingerprint density at radius 2 is 2.20 bits per heavy atom. The van der Waals surface area contributed by atoms with Crippen LogP contribution in [0.1, 0.15) is 63.6 Å². The van der Waals surface area contributed by atoms with Crippen LogP contribution < -0.4 is 5.32 Å². The van der Waals surface area contributed by atoms with Crippen molar-refractivity contribution in [3.63, 3.8) is 0 Å². The molecular weight excluding hydrogens is 338 g/mol. The van der Waals surface area contributed by atoms with Gasteiger partial charge in [0.2, 0.25) is 0 Å². The Hall–Kier alpha value is -2.08. The fourth-order valence-electron chi connectivity index (χ4n) is 3.30. The lowest BCUT2D eigenvalue weighted by Crippen LogP contribution is -2.17. The minimum atomic E-state index is -0.353. The van der Waals surface area contributed by atoms with Crippen LogP contribution in [0.4, 0.5) is 5.00 Å². The number of amides is 1. The van der Waals surface area contributed by atoms with Gasteiger partial charge in [0.05, 0.1) is 24.0 Å². The third kappa shape index (κ3) is 3.49. The predicted molar refractivity (Wildman–Crippen MR) is 97.5 cm³/mol. The highest BCUT2D eigenvalue weighted by molar-refractivity contribution is 7.17. The van der Waals surface area contributed by atoms with Crippen LogP contribution in [0.15, 0.2) is 16.7 Å². The summed E-state index contributed by atoms with van der Waals surface area (Å²) in [5, 5.41) is 3.49. The zero-order valence-electron chi connectivity index (χ0n) is 14.8. The number of ether oxygens (including phenoxy) is 1. The first-order valence-electron chi connectivity index (χ1n) is 8.72. The monoisotopic (exact) mass is 361 g/mol. The fourth-order valence-corrected chi connectivity index (χ4v) is 4.65. The molecule has 0 aliphatic heterocycles. The number of hydrogen-bond acceptors (Lipinski definition) is 5. The molecule has 2 heterocycles. The Labute approximate surface area is 151 Å². The van der Waals surface area contributed by atoms with E-state index in [2.05, 4.69) is 12.2 Å². The first kappa shape index (κ1) is 17.7. The number of aryl methyl sites for hydroxylation is 1. The van der Waals surface area contributed by atoms with E-state index in [0.29, 0.717) is 34.4 Å². The summed E-state index contributed by atoms with van der Waals surface area (Å²) in [6.45, 7) is 6.04. The summed E-state index contributed by atoms with van der Waals surface area (Å²) in [4.78, 5) is 26.2. The summed E-state index contributed by atoms with van der Waals surface area (Å²) in [5.41, 5.74) is 2.06. The third-order valence-corrected chi connectivity index (χ3v) is 5.92. The Balaban J connectivity index is 1.95. The van der Waals surface area contributed by atoms with Crippen molar-refractivity contribution in [2.75, 3.05) is 11.9 Å². The van der Waals surface area contributed by atoms with Gasteiger partial charge < -0.3 is 14.5 Å². The van der Waals surface area contributed by atoms with Crippen LogP contribution in [0.5, 0.6) is 0 Å².